The molecule has 102 valence electrons. The molecule has 0 aliphatic heterocycles. The fourth-order valence-corrected chi connectivity index (χ4v) is 2.88. The second kappa shape index (κ2) is 6.84. The quantitative estimate of drug-likeness (QED) is 0.705. The molecule has 0 aliphatic carbocycles. The molecule has 1 aromatic carbocycles. The maximum Gasteiger partial charge on any atom is 0.240 e. The van der Waals surface area contributed by atoms with Gasteiger partial charge in [-0.25, -0.2) is 13.1 Å². The molecule has 0 aromatic heterocycles. The Labute approximate surface area is 108 Å². The lowest BCUT2D eigenvalue weighted by atomic mass is 10.2. The van der Waals surface area contributed by atoms with Gasteiger partial charge in [-0.2, -0.15) is 0 Å². The minimum absolute atomic E-state index is 0.150. The van der Waals surface area contributed by atoms with E-state index in [0.717, 1.165) is 13.0 Å². The molecule has 1 aromatic rings. The van der Waals surface area contributed by atoms with Gasteiger partial charge in [-0.1, -0.05) is 18.2 Å². The van der Waals surface area contributed by atoms with Crippen LogP contribution in [0.1, 0.15) is 12.0 Å². The molecule has 0 bridgehead atoms. The largest absolute Gasteiger partial charge is 0.392 e. The van der Waals surface area contributed by atoms with Crippen LogP contribution >= 0.6 is 0 Å². The first-order valence-electron chi connectivity index (χ1n) is 5.80. The van der Waals surface area contributed by atoms with Crippen LogP contribution in [0.4, 0.5) is 0 Å². The van der Waals surface area contributed by atoms with Crippen molar-refractivity contribution in [1.82, 2.24) is 9.62 Å². The number of nitrogens with one attached hydrogen (secondary N) is 1. The summed E-state index contributed by atoms with van der Waals surface area (Å²) >= 11 is 0. The molecule has 0 amide bonds. The van der Waals surface area contributed by atoms with E-state index in [4.69, 9.17) is 5.11 Å². The predicted molar refractivity (Wildman–Crippen MR) is 70.7 cm³/mol. The van der Waals surface area contributed by atoms with E-state index in [2.05, 4.69) is 4.72 Å². The first kappa shape index (κ1) is 15.1. The molecule has 0 saturated carbocycles. The molecule has 0 unspecified atom stereocenters. The Kier molecular flexibility index (Phi) is 5.74. The summed E-state index contributed by atoms with van der Waals surface area (Å²) in [5, 5.41) is 9.13. The van der Waals surface area contributed by atoms with E-state index in [1.54, 1.807) is 18.2 Å². The molecule has 2 N–H and O–H groups in total. The number of hydrogen-bond acceptors (Lipinski definition) is 4. The average Bonchev–Trinajstić information content (AvgIpc) is 2.34. The van der Waals surface area contributed by atoms with Gasteiger partial charge in [0.15, 0.2) is 0 Å². The lowest BCUT2D eigenvalue weighted by Gasteiger charge is -2.12. The topological polar surface area (TPSA) is 69.6 Å². The van der Waals surface area contributed by atoms with Crippen molar-refractivity contribution in [2.45, 2.75) is 17.9 Å². The van der Waals surface area contributed by atoms with Gasteiger partial charge in [-0.05, 0) is 38.7 Å². The third-order valence-corrected chi connectivity index (χ3v) is 4.07. The fourth-order valence-electron chi connectivity index (χ4n) is 1.58. The molecule has 18 heavy (non-hydrogen) atoms. The maximum absolute atomic E-state index is 12.0. The highest BCUT2D eigenvalue weighted by Gasteiger charge is 2.16. The standard InChI is InChI=1S/C12H20N2O3S/c1-14(2)9-5-8-13-18(16,17)12-7-4-3-6-11(12)10-15/h3-4,6-7,13,15H,5,8-10H2,1-2H3. The van der Waals surface area contributed by atoms with Gasteiger partial charge in [-0.15, -0.1) is 0 Å². The van der Waals surface area contributed by atoms with Crippen LogP contribution in [-0.2, 0) is 16.6 Å². The van der Waals surface area contributed by atoms with Crippen molar-refractivity contribution in [1.29, 1.82) is 0 Å². The first-order valence-corrected chi connectivity index (χ1v) is 7.29. The molecular weight excluding hydrogens is 252 g/mol. The number of aliphatic hydroxyl groups excluding tert-OH is 1. The van der Waals surface area contributed by atoms with E-state index in [9.17, 15) is 8.42 Å². The minimum Gasteiger partial charge on any atom is -0.392 e. The fraction of sp³-hybridized carbons (Fsp3) is 0.500. The van der Waals surface area contributed by atoms with Crippen LogP contribution in [0.5, 0.6) is 0 Å². The first-order chi connectivity index (χ1) is 8.47. The van der Waals surface area contributed by atoms with Crippen molar-refractivity contribution in [3.63, 3.8) is 0 Å². The summed E-state index contributed by atoms with van der Waals surface area (Å²) in [5.74, 6) is 0. The van der Waals surface area contributed by atoms with Crippen LogP contribution in [0, 0.1) is 0 Å². The van der Waals surface area contributed by atoms with Crippen LogP contribution in [0.25, 0.3) is 0 Å². The average molecular weight is 272 g/mol. The third kappa shape index (κ3) is 4.38. The Balaban J connectivity index is 2.68. The molecule has 0 atom stereocenters. The summed E-state index contributed by atoms with van der Waals surface area (Å²) in [5.41, 5.74) is 0.414. The van der Waals surface area contributed by atoms with Gasteiger partial charge in [0.25, 0.3) is 0 Å². The van der Waals surface area contributed by atoms with Gasteiger partial charge in [0, 0.05) is 6.54 Å². The van der Waals surface area contributed by atoms with Crippen LogP contribution in [0.3, 0.4) is 0 Å². The van der Waals surface area contributed by atoms with Crippen molar-refractivity contribution in [3.8, 4) is 0 Å². The molecule has 0 spiro atoms. The van der Waals surface area contributed by atoms with Crippen molar-refractivity contribution >= 4 is 10.0 Å². The predicted octanol–water partition coefficient (Wildman–Crippen LogP) is 0.409. The minimum atomic E-state index is -3.53. The molecule has 5 nitrogen and oxygen atoms in total. The molecule has 0 saturated heterocycles. The van der Waals surface area contributed by atoms with Gasteiger partial charge < -0.3 is 10.0 Å². The highest BCUT2D eigenvalue weighted by molar-refractivity contribution is 7.89. The Hall–Kier alpha value is -0.950. The van der Waals surface area contributed by atoms with Gasteiger partial charge in [0.1, 0.15) is 0 Å². The monoisotopic (exact) mass is 272 g/mol. The SMILES string of the molecule is CN(C)CCCNS(=O)(=O)c1ccccc1CO. The van der Waals surface area contributed by atoms with Gasteiger partial charge >= 0.3 is 0 Å². The molecule has 0 fully saturated rings. The van der Waals surface area contributed by atoms with Crippen molar-refractivity contribution in [2.75, 3.05) is 27.2 Å². The van der Waals surface area contributed by atoms with E-state index in [1.165, 1.54) is 6.07 Å². The molecule has 1 rings (SSSR count). The summed E-state index contributed by atoms with van der Waals surface area (Å²) in [4.78, 5) is 2.15. The second-order valence-corrected chi connectivity index (χ2v) is 6.06. The van der Waals surface area contributed by atoms with Crippen LogP contribution < -0.4 is 4.72 Å². The molecule has 0 radical (unpaired) electrons. The highest BCUT2D eigenvalue weighted by Crippen LogP contribution is 2.14. The molecule has 6 heteroatoms. The van der Waals surface area contributed by atoms with E-state index < -0.39 is 10.0 Å². The van der Waals surface area contributed by atoms with Crippen molar-refractivity contribution in [2.24, 2.45) is 0 Å². The Bertz CT molecular complexity index is 472. The molecule has 0 heterocycles. The summed E-state index contributed by atoms with van der Waals surface area (Å²) in [6.07, 6.45) is 0.744. The van der Waals surface area contributed by atoms with Gasteiger partial charge in [0.2, 0.25) is 10.0 Å². The zero-order valence-electron chi connectivity index (χ0n) is 10.8. The van der Waals surface area contributed by atoms with Crippen LogP contribution in [0.15, 0.2) is 29.2 Å². The van der Waals surface area contributed by atoms with Crippen molar-refractivity contribution in [3.05, 3.63) is 29.8 Å². The van der Waals surface area contributed by atoms with Crippen LogP contribution in [-0.4, -0.2) is 45.6 Å². The number of hydrogen-bond donors (Lipinski definition) is 2. The zero-order valence-corrected chi connectivity index (χ0v) is 11.6. The Morgan fingerprint density at radius 2 is 1.94 bits per heavy atom. The summed E-state index contributed by atoms with van der Waals surface area (Å²) < 4.78 is 26.6. The van der Waals surface area contributed by atoms with Crippen LogP contribution in [0.2, 0.25) is 0 Å². The second-order valence-electron chi connectivity index (χ2n) is 4.32. The number of aliphatic hydroxyl groups is 1. The normalized spacial score (nSPS) is 12.0. The number of rotatable bonds is 7. The molecule has 0 aliphatic rings. The number of sulfonamides is 1. The summed E-state index contributed by atoms with van der Waals surface area (Å²) in [7, 11) is 0.351. The van der Waals surface area contributed by atoms with E-state index in [0.29, 0.717) is 12.1 Å². The van der Waals surface area contributed by atoms with Gasteiger partial charge in [-0.3, -0.25) is 0 Å². The van der Waals surface area contributed by atoms with E-state index in [1.807, 2.05) is 19.0 Å². The third-order valence-electron chi connectivity index (χ3n) is 2.51. The smallest absolute Gasteiger partial charge is 0.240 e. The van der Waals surface area contributed by atoms with Gasteiger partial charge in [0.05, 0.1) is 11.5 Å². The highest BCUT2D eigenvalue weighted by atomic mass is 32.2. The zero-order chi connectivity index (χ0) is 13.6. The number of nitrogens with zero attached hydrogens (tertiary/aromatic N) is 1. The summed E-state index contributed by atoms with van der Waals surface area (Å²) in [6, 6.07) is 6.46. The maximum atomic E-state index is 12.0. The number of benzene rings is 1. The Morgan fingerprint density at radius 1 is 1.28 bits per heavy atom. The lowest BCUT2D eigenvalue weighted by Crippen LogP contribution is -2.28. The van der Waals surface area contributed by atoms with E-state index in [-0.39, 0.29) is 11.5 Å². The van der Waals surface area contributed by atoms with Crippen molar-refractivity contribution < 1.29 is 13.5 Å². The lowest BCUT2D eigenvalue weighted by molar-refractivity contribution is 0.278. The molecular formula is C12H20N2O3S. The Morgan fingerprint density at radius 3 is 2.56 bits per heavy atom. The summed E-state index contributed by atoms with van der Waals surface area (Å²) in [6.45, 7) is 0.930. The van der Waals surface area contributed by atoms with E-state index >= 15 is 0 Å².